The van der Waals surface area contributed by atoms with Gasteiger partial charge in [0.25, 0.3) is 0 Å². The Kier molecular flexibility index (Phi) is 4.52. The SMILES string of the molecule is O=C(/C=C/c1ccc(Br)o1)Nc1ccc(C(F)(F)F)cc1. The van der Waals surface area contributed by atoms with Crippen molar-refractivity contribution < 1.29 is 22.4 Å². The molecule has 0 bridgehead atoms. The van der Waals surface area contributed by atoms with E-state index in [9.17, 15) is 18.0 Å². The molecule has 2 aromatic rings. The van der Waals surface area contributed by atoms with Crippen LogP contribution >= 0.6 is 15.9 Å². The molecule has 0 unspecified atom stereocenters. The summed E-state index contributed by atoms with van der Waals surface area (Å²) in [6.45, 7) is 0. The van der Waals surface area contributed by atoms with Gasteiger partial charge in [-0.25, -0.2) is 0 Å². The molecule has 0 aliphatic carbocycles. The number of carbonyl (C=O) groups excluding carboxylic acids is 1. The quantitative estimate of drug-likeness (QED) is 0.806. The highest BCUT2D eigenvalue weighted by Crippen LogP contribution is 2.29. The molecule has 0 radical (unpaired) electrons. The Labute approximate surface area is 126 Å². The molecule has 1 N–H and O–H groups in total. The average molecular weight is 360 g/mol. The number of hydrogen-bond donors (Lipinski definition) is 1. The van der Waals surface area contributed by atoms with Gasteiger partial charge in [0, 0.05) is 11.8 Å². The van der Waals surface area contributed by atoms with Gasteiger partial charge in [0.05, 0.1) is 5.56 Å². The van der Waals surface area contributed by atoms with Gasteiger partial charge in [-0.05, 0) is 58.4 Å². The summed E-state index contributed by atoms with van der Waals surface area (Å²) in [6, 6.07) is 7.53. The maximum absolute atomic E-state index is 12.4. The van der Waals surface area contributed by atoms with Crippen molar-refractivity contribution in [3.63, 3.8) is 0 Å². The van der Waals surface area contributed by atoms with Crippen molar-refractivity contribution in [1.29, 1.82) is 0 Å². The van der Waals surface area contributed by atoms with Crippen LogP contribution in [-0.2, 0) is 11.0 Å². The van der Waals surface area contributed by atoms with E-state index in [1.165, 1.54) is 24.3 Å². The fourth-order valence-corrected chi connectivity index (χ4v) is 1.82. The summed E-state index contributed by atoms with van der Waals surface area (Å²) in [4.78, 5) is 11.6. The molecule has 0 aliphatic rings. The molecule has 0 atom stereocenters. The van der Waals surface area contributed by atoms with Gasteiger partial charge < -0.3 is 9.73 Å². The smallest absolute Gasteiger partial charge is 0.416 e. The van der Waals surface area contributed by atoms with Crippen molar-refractivity contribution in [3.05, 3.63) is 58.5 Å². The predicted molar refractivity (Wildman–Crippen MR) is 75.5 cm³/mol. The zero-order valence-corrected chi connectivity index (χ0v) is 12.0. The predicted octanol–water partition coefficient (Wildman–Crippen LogP) is 4.71. The van der Waals surface area contributed by atoms with Crippen LogP contribution in [0.3, 0.4) is 0 Å². The summed E-state index contributed by atoms with van der Waals surface area (Å²) < 4.78 is 42.8. The van der Waals surface area contributed by atoms with Crippen LogP contribution in [-0.4, -0.2) is 5.91 Å². The molecule has 0 fully saturated rings. The monoisotopic (exact) mass is 359 g/mol. The van der Waals surface area contributed by atoms with E-state index in [0.717, 1.165) is 12.1 Å². The molecular weight excluding hydrogens is 351 g/mol. The maximum Gasteiger partial charge on any atom is 0.416 e. The molecule has 3 nitrogen and oxygen atoms in total. The zero-order chi connectivity index (χ0) is 15.5. The van der Waals surface area contributed by atoms with Crippen LogP contribution in [0.1, 0.15) is 11.3 Å². The van der Waals surface area contributed by atoms with E-state index in [2.05, 4.69) is 21.2 Å². The normalized spacial score (nSPS) is 11.8. The Balaban J connectivity index is 1.98. The molecule has 2 rings (SSSR count). The molecule has 0 saturated carbocycles. The van der Waals surface area contributed by atoms with Crippen LogP contribution in [0.2, 0.25) is 0 Å². The third kappa shape index (κ3) is 4.49. The standard InChI is InChI=1S/C14H9BrF3NO2/c15-12-7-5-11(21-12)6-8-13(20)19-10-3-1-9(2-4-10)14(16,17)18/h1-8H,(H,19,20)/b8-6+. The van der Waals surface area contributed by atoms with Crippen molar-refractivity contribution in [1.82, 2.24) is 0 Å². The Morgan fingerprint density at radius 3 is 2.33 bits per heavy atom. The minimum atomic E-state index is -4.39. The van der Waals surface area contributed by atoms with Gasteiger partial charge in [0.1, 0.15) is 5.76 Å². The topological polar surface area (TPSA) is 42.2 Å². The molecule has 1 aromatic carbocycles. The lowest BCUT2D eigenvalue weighted by Gasteiger charge is -2.07. The van der Waals surface area contributed by atoms with Crippen molar-refractivity contribution in [2.24, 2.45) is 0 Å². The third-order valence-electron chi connectivity index (χ3n) is 2.47. The number of alkyl halides is 3. The second-order valence-corrected chi connectivity index (χ2v) is 4.82. The first-order valence-electron chi connectivity index (χ1n) is 5.76. The van der Waals surface area contributed by atoms with E-state index >= 15 is 0 Å². The van der Waals surface area contributed by atoms with Crippen LogP contribution in [0.25, 0.3) is 6.08 Å². The van der Waals surface area contributed by atoms with E-state index in [1.807, 2.05) is 0 Å². The second kappa shape index (κ2) is 6.17. The van der Waals surface area contributed by atoms with Crippen LogP contribution in [0.15, 0.2) is 51.6 Å². The number of anilines is 1. The fourth-order valence-electron chi connectivity index (χ4n) is 1.50. The van der Waals surface area contributed by atoms with Crippen molar-refractivity contribution in [3.8, 4) is 0 Å². The molecule has 0 aliphatic heterocycles. The highest BCUT2D eigenvalue weighted by atomic mass is 79.9. The number of benzene rings is 1. The largest absolute Gasteiger partial charge is 0.450 e. The van der Waals surface area contributed by atoms with Gasteiger partial charge in [-0.15, -0.1) is 0 Å². The molecule has 110 valence electrons. The summed E-state index contributed by atoms with van der Waals surface area (Å²) in [5.74, 6) is 0.00623. The van der Waals surface area contributed by atoms with E-state index in [-0.39, 0.29) is 5.69 Å². The Bertz CT molecular complexity index is 660. The number of rotatable bonds is 3. The maximum atomic E-state index is 12.4. The van der Waals surface area contributed by atoms with Crippen LogP contribution < -0.4 is 5.32 Å². The van der Waals surface area contributed by atoms with Crippen LogP contribution in [0.4, 0.5) is 18.9 Å². The number of halogens is 4. The van der Waals surface area contributed by atoms with Gasteiger partial charge >= 0.3 is 6.18 Å². The number of amides is 1. The van der Waals surface area contributed by atoms with Gasteiger partial charge in [-0.3, -0.25) is 4.79 Å². The lowest BCUT2D eigenvalue weighted by molar-refractivity contribution is -0.137. The molecule has 0 saturated heterocycles. The van der Waals surface area contributed by atoms with Crippen LogP contribution in [0.5, 0.6) is 0 Å². The van der Waals surface area contributed by atoms with E-state index in [0.29, 0.717) is 10.4 Å². The van der Waals surface area contributed by atoms with E-state index in [1.54, 1.807) is 12.1 Å². The summed E-state index contributed by atoms with van der Waals surface area (Å²) in [5.41, 5.74) is -0.491. The van der Waals surface area contributed by atoms with Crippen molar-refractivity contribution in [2.75, 3.05) is 5.32 Å². The van der Waals surface area contributed by atoms with Gasteiger partial charge in [0.2, 0.25) is 5.91 Å². The van der Waals surface area contributed by atoms with Gasteiger partial charge in [-0.1, -0.05) is 0 Å². The first-order chi connectivity index (χ1) is 9.84. The fraction of sp³-hybridized carbons (Fsp3) is 0.0714. The summed E-state index contributed by atoms with van der Waals surface area (Å²) in [6.07, 6.45) is -1.72. The van der Waals surface area contributed by atoms with E-state index < -0.39 is 17.6 Å². The van der Waals surface area contributed by atoms with Crippen molar-refractivity contribution >= 4 is 33.6 Å². The van der Waals surface area contributed by atoms with Gasteiger partial charge in [0.15, 0.2) is 4.67 Å². The first kappa shape index (κ1) is 15.4. The van der Waals surface area contributed by atoms with Gasteiger partial charge in [-0.2, -0.15) is 13.2 Å². The molecule has 1 amide bonds. The average Bonchev–Trinajstić information content (AvgIpc) is 2.82. The zero-order valence-electron chi connectivity index (χ0n) is 10.4. The molecule has 1 heterocycles. The highest BCUT2D eigenvalue weighted by molar-refractivity contribution is 9.10. The lowest BCUT2D eigenvalue weighted by atomic mass is 10.2. The first-order valence-corrected chi connectivity index (χ1v) is 6.55. The number of carbonyl (C=O) groups is 1. The van der Waals surface area contributed by atoms with Crippen molar-refractivity contribution in [2.45, 2.75) is 6.18 Å². The minimum Gasteiger partial charge on any atom is -0.450 e. The Morgan fingerprint density at radius 2 is 1.81 bits per heavy atom. The summed E-state index contributed by atoms with van der Waals surface area (Å²) in [7, 11) is 0. The highest BCUT2D eigenvalue weighted by Gasteiger charge is 2.29. The summed E-state index contributed by atoms with van der Waals surface area (Å²) >= 11 is 3.12. The number of furan rings is 1. The molecule has 1 aromatic heterocycles. The molecular formula is C14H9BrF3NO2. The third-order valence-corrected chi connectivity index (χ3v) is 2.90. The lowest BCUT2D eigenvalue weighted by Crippen LogP contribution is -2.09. The summed E-state index contributed by atoms with van der Waals surface area (Å²) in [5, 5.41) is 2.45. The number of nitrogens with one attached hydrogen (secondary N) is 1. The Hall–Kier alpha value is -2.02. The van der Waals surface area contributed by atoms with Crippen LogP contribution in [0, 0.1) is 0 Å². The minimum absolute atomic E-state index is 0.276. The second-order valence-electron chi connectivity index (χ2n) is 4.04. The molecule has 0 spiro atoms. The molecule has 7 heteroatoms. The Morgan fingerprint density at radius 1 is 1.14 bits per heavy atom. The number of hydrogen-bond acceptors (Lipinski definition) is 2. The van der Waals surface area contributed by atoms with E-state index in [4.69, 9.17) is 4.42 Å². The molecule has 21 heavy (non-hydrogen) atoms.